The second kappa shape index (κ2) is 3.60. The first-order chi connectivity index (χ1) is 5.96. The summed E-state index contributed by atoms with van der Waals surface area (Å²) >= 11 is 0. The minimum atomic E-state index is 0.147. The molecule has 1 aliphatic carbocycles. The first kappa shape index (κ1) is 10.4. The first-order valence-electron chi connectivity index (χ1n) is 5.11. The van der Waals surface area contributed by atoms with Gasteiger partial charge in [0.1, 0.15) is 0 Å². The Hall–Kier alpha value is -0.660. The summed E-state index contributed by atoms with van der Waals surface area (Å²) in [6.07, 6.45) is 3.79. The predicted octanol–water partition coefficient (Wildman–Crippen LogP) is 3.26. The maximum absolute atomic E-state index is 7.82. The molecule has 0 bridgehead atoms. The van der Waals surface area contributed by atoms with Crippen LogP contribution in [0.15, 0.2) is 0 Å². The Morgan fingerprint density at radius 2 is 2.15 bits per heavy atom. The van der Waals surface area contributed by atoms with Gasteiger partial charge in [0.15, 0.2) is 0 Å². The Balaban J connectivity index is 2.71. The van der Waals surface area contributed by atoms with E-state index >= 15 is 0 Å². The topological polar surface area (TPSA) is 47.7 Å². The fourth-order valence-corrected chi connectivity index (χ4v) is 2.01. The van der Waals surface area contributed by atoms with Gasteiger partial charge in [0.2, 0.25) is 0 Å². The molecule has 1 fully saturated rings. The van der Waals surface area contributed by atoms with Gasteiger partial charge in [-0.3, -0.25) is 0 Å². The fourth-order valence-electron chi connectivity index (χ4n) is 2.01. The van der Waals surface area contributed by atoms with Crippen molar-refractivity contribution in [3.8, 4) is 0 Å². The number of hydrogen-bond donors (Lipinski definition) is 2. The van der Waals surface area contributed by atoms with E-state index in [1.165, 1.54) is 0 Å². The lowest BCUT2D eigenvalue weighted by molar-refractivity contribution is 0.280. The van der Waals surface area contributed by atoms with Crippen molar-refractivity contribution in [2.24, 2.45) is 11.3 Å². The van der Waals surface area contributed by atoms with Crippen LogP contribution in [0, 0.1) is 22.2 Å². The molecule has 1 unspecified atom stereocenters. The maximum atomic E-state index is 7.82. The smallest absolute Gasteiger partial charge is 0.0348 e. The van der Waals surface area contributed by atoms with Crippen molar-refractivity contribution in [3.05, 3.63) is 0 Å². The molecule has 1 aliphatic rings. The van der Waals surface area contributed by atoms with Crippen LogP contribution in [-0.4, -0.2) is 11.4 Å². The van der Waals surface area contributed by atoms with Gasteiger partial charge in [0.05, 0.1) is 0 Å². The Kier molecular flexibility index (Phi) is 2.89. The van der Waals surface area contributed by atoms with Crippen LogP contribution in [0.25, 0.3) is 0 Å². The molecule has 0 radical (unpaired) electrons. The SMILES string of the molecule is CCC(=N)C1CC(C)(C)CCC1=N. The Morgan fingerprint density at radius 1 is 1.54 bits per heavy atom. The summed E-state index contributed by atoms with van der Waals surface area (Å²) in [5.74, 6) is 0.147. The minimum Gasteiger partial charge on any atom is -0.309 e. The number of rotatable bonds is 2. The molecule has 2 N–H and O–H groups in total. The van der Waals surface area contributed by atoms with Crippen LogP contribution in [0.2, 0.25) is 0 Å². The van der Waals surface area contributed by atoms with E-state index in [0.717, 1.165) is 37.1 Å². The molecule has 0 aliphatic heterocycles. The monoisotopic (exact) mass is 180 g/mol. The summed E-state index contributed by atoms with van der Waals surface area (Å²) in [7, 11) is 0. The quantitative estimate of drug-likeness (QED) is 0.613. The second-order valence-corrected chi connectivity index (χ2v) is 4.82. The third kappa shape index (κ3) is 2.39. The lowest BCUT2D eigenvalue weighted by atomic mass is 9.69. The molecule has 0 heterocycles. The molecule has 0 saturated heterocycles. The molecule has 0 aromatic rings. The van der Waals surface area contributed by atoms with Gasteiger partial charge in [-0.25, -0.2) is 0 Å². The Bertz CT molecular complexity index is 220. The predicted molar refractivity (Wildman–Crippen MR) is 56.9 cm³/mol. The summed E-state index contributed by atoms with van der Waals surface area (Å²) in [5, 5.41) is 15.6. The molecule has 1 rings (SSSR count). The van der Waals surface area contributed by atoms with Crippen LogP contribution in [0.4, 0.5) is 0 Å². The summed E-state index contributed by atoms with van der Waals surface area (Å²) < 4.78 is 0. The highest BCUT2D eigenvalue weighted by Gasteiger charge is 2.32. The molecular weight excluding hydrogens is 160 g/mol. The second-order valence-electron chi connectivity index (χ2n) is 4.82. The normalized spacial score (nSPS) is 27.3. The van der Waals surface area contributed by atoms with E-state index in [1.54, 1.807) is 0 Å². The van der Waals surface area contributed by atoms with E-state index in [-0.39, 0.29) is 5.92 Å². The van der Waals surface area contributed by atoms with Crippen molar-refractivity contribution in [1.82, 2.24) is 0 Å². The average Bonchev–Trinajstić information content (AvgIpc) is 2.08. The molecule has 13 heavy (non-hydrogen) atoms. The summed E-state index contributed by atoms with van der Waals surface area (Å²) in [6.45, 7) is 6.50. The van der Waals surface area contributed by atoms with Gasteiger partial charge in [-0.05, 0) is 31.1 Å². The van der Waals surface area contributed by atoms with Crippen molar-refractivity contribution >= 4 is 11.4 Å². The Labute approximate surface area is 80.8 Å². The molecule has 0 aromatic carbocycles. The van der Waals surface area contributed by atoms with Crippen molar-refractivity contribution in [2.75, 3.05) is 0 Å². The molecule has 2 heteroatoms. The third-order valence-corrected chi connectivity index (χ3v) is 3.05. The molecule has 0 amide bonds. The minimum absolute atomic E-state index is 0.147. The highest BCUT2D eigenvalue weighted by molar-refractivity contribution is 6.05. The fraction of sp³-hybridized carbons (Fsp3) is 0.818. The van der Waals surface area contributed by atoms with Gasteiger partial charge in [-0.2, -0.15) is 0 Å². The molecular formula is C11H20N2. The van der Waals surface area contributed by atoms with Crippen LogP contribution >= 0.6 is 0 Å². The van der Waals surface area contributed by atoms with Gasteiger partial charge < -0.3 is 10.8 Å². The largest absolute Gasteiger partial charge is 0.309 e. The van der Waals surface area contributed by atoms with Crippen LogP contribution in [-0.2, 0) is 0 Å². The van der Waals surface area contributed by atoms with Gasteiger partial charge >= 0.3 is 0 Å². The average molecular weight is 180 g/mol. The Morgan fingerprint density at radius 3 is 2.69 bits per heavy atom. The zero-order chi connectivity index (χ0) is 10.1. The van der Waals surface area contributed by atoms with Crippen molar-refractivity contribution in [2.45, 2.75) is 46.5 Å². The van der Waals surface area contributed by atoms with Crippen LogP contribution < -0.4 is 0 Å². The van der Waals surface area contributed by atoms with E-state index in [4.69, 9.17) is 10.8 Å². The van der Waals surface area contributed by atoms with Crippen molar-refractivity contribution in [1.29, 1.82) is 10.8 Å². The molecule has 2 nitrogen and oxygen atoms in total. The van der Waals surface area contributed by atoms with E-state index in [0.29, 0.717) is 5.41 Å². The molecule has 0 aromatic heterocycles. The molecule has 1 saturated carbocycles. The van der Waals surface area contributed by atoms with E-state index in [9.17, 15) is 0 Å². The van der Waals surface area contributed by atoms with Gasteiger partial charge in [-0.1, -0.05) is 20.8 Å². The number of nitrogens with one attached hydrogen (secondary N) is 2. The maximum Gasteiger partial charge on any atom is 0.0348 e. The van der Waals surface area contributed by atoms with Crippen LogP contribution in [0.1, 0.15) is 46.5 Å². The lowest BCUT2D eigenvalue weighted by Crippen LogP contribution is -2.34. The van der Waals surface area contributed by atoms with Gasteiger partial charge in [0.25, 0.3) is 0 Å². The van der Waals surface area contributed by atoms with Crippen molar-refractivity contribution in [3.63, 3.8) is 0 Å². The van der Waals surface area contributed by atoms with Crippen LogP contribution in [0.3, 0.4) is 0 Å². The highest BCUT2D eigenvalue weighted by Crippen LogP contribution is 2.37. The zero-order valence-corrected chi connectivity index (χ0v) is 8.91. The summed E-state index contributed by atoms with van der Waals surface area (Å²) in [5.41, 5.74) is 1.86. The van der Waals surface area contributed by atoms with E-state index in [1.807, 2.05) is 6.92 Å². The van der Waals surface area contributed by atoms with Crippen molar-refractivity contribution < 1.29 is 0 Å². The zero-order valence-electron chi connectivity index (χ0n) is 8.91. The molecule has 1 atom stereocenters. The van der Waals surface area contributed by atoms with E-state index in [2.05, 4.69) is 13.8 Å². The highest BCUT2D eigenvalue weighted by atomic mass is 14.6. The number of hydrogen-bond acceptors (Lipinski definition) is 2. The van der Waals surface area contributed by atoms with E-state index < -0.39 is 0 Å². The molecule has 0 spiro atoms. The standard InChI is InChI=1S/C11H20N2/c1-4-9(12)8-7-11(2,3)6-5-10(8)13/h8,12-13H,4-7H2,1-3H3. The third-order valence-electron chi connectivity index (χ3n) is 3.05. The summed E-state index contributed by atoms with van der Waals surface area (Å²) in [6, 6.07) is 0. The first-order valence-corrected chi connectivity index (χ1v) is 5.11. The van der Waals surface area contributed by atoms with Gasteiger partial charge in [-0.15, -0.1) is 0 Å². The summed E-state index contributed by atoms with van der Waals surface area (Å²) in [4.78, 5) is 0. The lowest BCUT2D eigenvalue weighted by Gasteiger charge is -2.35. The van der Waals surface area contributed by atoms with Gasteiger partial charge in [0, 0.05) is 17.3 Å². The van der Waals surface area contributed by atoms with Crippen LogP contribution in [0.5, 0.6) is 0 Å². The molecule has 74 valence electrons.